The number of fused-ring (bicyclic) bond motifs is 1. The van der Waals surface area contributed by atoms with Crippen LogP contribution in [0.25, 0.3) is 0 Å². The number of halogens is 1. The van der Waals surface area contributed by atoms with E-state index < -0.39 is 18.1 Å². The molecule has 0 saturated heterocycles. The molecule has 2 aromatic rings. The third-order valence-electron chi connectivity index (χ3n) is 5.79. The molecular weight excluding hydrogens is 401 g/mol. The fraction of sp³-hybridized carbons (Fsp3) is 0.375. The van der Waals surface area contributed by atoms with E-state index in [1.807, 2.05) is 13.8 Å². The first-order valence-corrected chi connectivity index (χ1v) is 10.2. The first kappa shape index (κ1) is 22.8. The van der Waals surface area contributed by atoms with Crippen LogP contribution in [0.4, 0.5) is 10.1 Å². The Kier molecular flexibility index (Phi) is 6.67. The number of benzene rings is 2. The largest absolute Gasteiger partial charge is 0.496 e. The standard InChI is InChI=1S/C24H28FNO5/c1-13(2)20(12-27)26-11-18(24(29)30)23(28)17-9-16(21(31-4)10-19(17)26)8-15-7-5-6-14(3)22(15)25/h5-7,9-11,13,20,23,27-28H,8,12H2,1-4H3,(H,29,30). The molecule has 1 heterocycles. The van der Waals surface area contributed by atoms with Gasteiger partial charge in [0.05, 0.1) is 31.0 Å². The fourth-order valence-electron chi connectivity index (χ4n) is 3.98. The zero-order valence-corrected chi connectivity index (χ0v) is 18.1. The van der Waals surface area contributed by atoms with Crippen LogP contribution in [0.15, 0.2) is 42.1 Å². The van der Waals surface area contributed by atoms with Gasteiger partial charge in [0.25, 0.3) is 0 Å². The van der Waals surface area contributed by atoms with E-state index >= 15 is 0 Å². The lowest BCUT2D eigenvalue weighted by molar-refractivity contribution is -0.133. The summed E-state index contributed by atoms with van der Waals surface area (Å²) < 4.78 is 20.2. The Labute approximate surface area is 181 Å². The third-order valence-corrected chi connectivity index (χ3v) is 5.79. The van der Waals surface area contributed by atoms with Crippen LogP contribution in [0.5, 0.6) is 5.75 Å². The van der Waals surface area contributed by atoms with Crippen LogP contribution in [0.1, 0.15) is 42.2 Å². The molecule has 2 aromatic carbocycles. The van der Waals surface area contributed by atoms with Crippen molar-refractivity contribution in [2.75, 3.05) is 18.6 Å². The summed E-state index contributed by atoms with van der Waals surface area (Å²) in [7, 11) is 1.51. The average Bonchev–Trinajstić information content (AvgIpc) is 2.72. The van der Waals surface area contributed by atoms with Gasteiger partial charge >= 0.3 is 5.97 Å². The van der Waals surface area contributed by atoms with E-state index in [4.69, 9.17) is 4.74 Å². The number of aliphatic carboxylic acids is 1. The second-order valence-corrected chi connectivity index (χ2v) is 8.14. The van der Waals surface area contributed by atoms with Gasteiger partial charge in [-0.05, 0) is 35.6 Å². The van der Waals surface area contributed by atoms with Crippen molar-refractivity contribution in [2.45, 2.75) is 39.3 Å². The summed E-state index contributed by atoms with van der Waals surface area (Å²) in [5.74, 6) is -1.06. The lowest BCUT2D eigenvalue weighted by Crippen LogP contribution is -2.41. The van der Waals surface area contributed by atoms with Crippen molar-refractivity contribution < 1.29 is 29.2 Å². The number of nitrogens with zero attached hydrogens (tertiary/aromatic N) is 1. The zero-order chi connectivity index (χ0) is 22.9. The average molecular weight is 429 g/mol. The maximum atomic E-state index is 14.6. The number of hydrogen-bond donors (Lipinski definition) is 3. The monoisotopic (exact) mass is 429 g/mol. The molecule has 0 fully saturated rings. The van der Waals surface area contributed by atoms with E-state index in [-0.39, 0.29) is 30.3 Å². The Hall–Kier alpha value is -2.90. The minimum absolute atomic E-state index is 0.00597. The molecule has 7 heteroatoms. The SMILES string of the molecule is COc1cc2c(cc1Cc1cccc(C)c1F)C(O)C(C(=O)O)=CN2C(CO)C(C)C. The van der Waals surface area contributed by atoms with Crippen molar-refractivity contribution in [1.82, 2.24) is 0 Å². The van der Waals surface area contributed by atoms with E-state index in [9.17, 15) is 24.5 Å². The van der Waals surface area contributed by atoms with E-state index in [2.05, 4.69) is 0 Å². The van der Waals surface area contributed by atoms with Gasteiger partial charge in [-0.1, -0.05) is 32.0 Å². The Morgan fingerprint density at radius 2 is 1.97 bits per heavy atom. The van der Waals surface area contributed by atoms with E-state index in [0.29, 0.717) is 33.7 Å². The quantitative estimate of drug-likeness (QED) is 0.624. The number of methoxy groups -OCH3 is 1. The minimum Gasteiger partial charge on any atom is -0.496 e. The molecule has 6 nitrogen and oxygen atoms in total. The molecule has 3 rings (SSSR count). The second kappa shape index (κ2) is 9.08. The Bertz CT molecular complexity index is 1020. The molecule has 166 valence electrons. The van der Waals surface area contributed by atoms with Crippen LogP contribution in [0.2, 0.25) is 0 Å². The summed E-state index contributed by atoms with van der Waals surface area (Å²) in [5, 5.41) is 30.4. The number of aryl methyl sites for hydroxylation is 1. The number of anilines is 1. The Balaban J connectivity index is 2.17. The maximum Gasteiger partial charge on any atom is 0.336 e. The van der Waals surface area contributed by atoms with Gasteiger partial charge in [0.1, 0.15) is 17.7 Å². The lowest BCUT2D eigenvalue weighted by atomic mass is 9.90. The van der Waals surface area contributed by atoms with Crippen LogP contribution >= 0.6 is 0 Å². The molecule has 0 aromatic heterocycles. The predicted molar refractivity (Wildman–Crippen MR) is 116 cm³/mol. The molecule has 3 N–H and O–H groups in total. The molecular formula is C24H28FNO5. The number of aliphatic hydroxyl groups excluding tert-OH is 2. The topological polar surface area (TPSA) is 90.2 Å². The first-order chi connectivity index (χ1) is 14.7. The summed E-state index contributed by atoms with van der Waals surface area (Å²) in [5.41, 5.74) is 2.37. The second-order valence-electron chi connectivity index (χ2n) is 8.14. The molecule has 0 bridgehead atoms. The van der Waals surface area contributed by atoms with Crippen LogP contribution in [0, 0.1) is 18.7 Å². The highest BCUT2D eigenvalue weighted by molar-refractivity contribution is 5.91. The number of carbonyl (C=O) groups is 1. The summed E-state index contributed by atoms with van der Waals surface area (Å²) in [6.45, 7) is 5.34. The van der Waals surface area contributed by atoms with Crippen molar-refractivity contribution >= 4 is 11.7 Å². The van der Waals surface area contributed by atoms with Crippen molar-refractivity contribution in [3.05, 3.63) is 70.2 Å². The van der Waals surface area contributed by atoms with Gasteiger partial charge in [0.15, 0.2) is 0 Å². The molecule has 0 radical (unpaired) electrons. The summed E-state index contributed by atoms with van der Waals surface area (Å²) in [6.07, 6.45) is 0.230. The highest BCUT2D eigenvalue weighted by Crippen LogP contribution is 2.42. The van der Waals surface area contributed by atoms with Crippen LogP contribution in [0.3, 0.4) is 0 Å². The van der Waals surface area contributed by atoms with Crippen molar-refractivity contribution in [3.8, 4) is 5.75 Å². The summed E-state index contributed by atoms with van der Waals surface area (Å²) in [4.78, 5) is 13.5. The molecule has 0 amide bonds. The maximum absolute atomic E-state index is 14.6. The lowest BCUT2D eigenvalue weighted by Gasteiger charge is -2.38. The number of hydrogen-bond acceptors (Lipinski definition) is 5. The third kappa shape index (κ3) is 4.29. The van der Waals surface area contributed by atoms with Crippen molar-refractivity contribution in [2.24, 2.45) is 5.92 Å². The fourth-order valence-corrected chi connectivity index (χ4v) is 3.98. The normalized spacial score (nSPS) is 16.7. The molecule has 2 unspecified atom stereocenters. The van der Waals surface area contributed by atoms with Gasteiger partial charge in [-0.3, -0.25) is 0 Å². The Morgan fingerprint density at radius 1 is 1.26 bits per heavy atom. The predicted octanol–water partition coefficient (Wildman–Crippen LogP) is 3.57. The minimum atomic E-state index is -1.36. The zero-order valence-electron chi connectivity index (χ0n) is 18.1. The van der Waals surface area contributed by atoms with Crippen LogP contribution in [-0.4, -0.2) is 41.0 Å². The molecule has 1 aliphatic rings. The molecule has 0 spiro atoms. The molecule has 31 heavy (non-hydrogen) atoms. The van der Waals surface area contributed by atoms with Gasteiger partial charge < -0.3 is 25.0 Å². The van der Waals surface area contributed by atoms with E-state index in [1.54, 1.807) is 42.2 Å². The van der Waals surface area contributed by atoms with E-state index in [1.165, 1.54) is 13.3 Å². The van der Waals surface area contributed by atoms with Crippen molar-refractivity contribution in [3.63, 3.8) is 0 Å². The number of carboxylic acids is 1. The van der Waals surface area contributed by atoms with Gasteiger partial charge in [-0.15, -0.1) is 0 Å². The molecule has 0 saturated carbocycles. The molecule has 2 atom stereocenters. The highest BCUT2D eigenvalue weighted by Gasteiger charge is 2.34. The van der Waals surface area contributed by atoms with E-state index in [0.717, 1.165) is 0 Å². The van der Waals surface area contributed by atoms with Gasteiger partial charge in [-0.2, -0.15) is 0 Å². The first-order valence-electron chi connectivity index (χ1n) is 10.2. The molecule has 0 aliphatic carbocycles. The number of ether oxygens (including phenoxy) is 1. The smallest absolute Gasteiger partial charge is 0.336 e. The number of aliphatic hydroxyl groups is 2. The van der Waals surface area contributed by atoms with Gasteiger partial charge in [0, 0.05) is 24.3 Å². The number of rotatable bonds is 7. The van der Waals surface area contributed by atoms with Crippen LogP contribution in [-0.2, 0) is 11.2 Å². The van der Waals surface area contributed by atoms with Gasteiger partial charge in [-0.25, -0.2) is 9.18 Å². The summed E-state index contributed by atoms with van der Waals surface area (Å²) >= 11 is 0. The van der Waals surface area contributed by atoms with Crippen LogP contribution < -0.4 is 9.64 Å². The van der Waals surface area contributed by atoms with Crippen molar-refractivity contribution in [1.29, 1.82) is 0 Å². The Morgan fingerprint density at radius 3 is 2.55 bits per heavy atom. The van der Waals surface area contributed by atoms with Gasteiger partial charge in [0.2, 0.25) is 0 Å². The highest BCUT2D eigenvalue weighted by atomic mass is 19.1. The molecule has 1 aliphatic heterocycles. The number of carboxylic acid groups (broad SMARTS) is 1. The summed E-state index contributed by atoms with van der Waals surface area (Å²) in [6, 6.07) is 8.13.